The van der Waals surface area contributed by atoms with Gasteiger partial charge in [0.15, 0.2) is 5.82 Å². The molecule has 0 saturated carbocycles. The third-order valence-electron chi connectivity index (χ3n) is 2.83. The lowest BCUT2D eigenvalue weighted by molar-refractivity contribution is 0.601. The summed E-state index contributed by atoms with van der Waals surface area (Å²) in [6.07, 6.45) is 4.50. The minimum atomic E-state index is -3.85. The van der Waals surface area contributed by atoms with Gasteiger partial charge in [0.25, 0.3) is 10.0 Å². The summed E-state index contributed by atoms with van der Waals surface area (Å²) in [6.45, 7) is 0. The van der Waals surface area contributed by atoms with E-state index in [1.807, 2.05) is 0 Å². The molecule has 10 heteroatoms. The van der Waals surface area contributed by atoms with E-state index in [1.165, 1.54) is 35.3 Å². The van der Waals surface area contributed by atoms with Gasteiger partial charge >= 0.3 is 0 Å². The third kappa shape index (κ3) is 3.44. The van der Waals surface area contributed by atoms with Crippen LogP contribution in [0.2, 0.25) is 10.0 Å². The molecule has 3 aromatic rings. The van der Waals surface area contributed by atoms with Gasteiger partial charge in [0.2, 0.25) is 0 Å². The number of halogens is 2. The van der Waals surface area contributed by atoms with E-state index in [4.69, 9.17) is 23.2 Å². The highest BCUT2D eigenvalue weighted by Crippen LogP contribution is 2.25. The van der Waals surface area contributed by atoms with Gasteiger partial charge in [-0.25, -0.2) is 23.1 Å². The maximum absolute atomic E-state index is 12.4. The number of anilines is 1. The van der Waals surface area contributed by atoms with Crippen molar-refractivity contribution in [3.63, 3.8) is 0 Å². The van der Waals surface area contributed by atoms with Crippen LogP contribution in [-0.2, 0) is 10.0 Å². The van der Waals surface area contributed by atoms with Gasteiger partial charge in [-0.15, -0.1) is 0 Å². The molecule has 0 aliphatic heterocycles. The van der Waals surface area contributed by atoms with Gasteiger partial charge in [0.05, 0.1) is 14.9 Å². The summed E-state index contributed by atoms with van der Waals surface area (Å²) in [6, 6.07) is 7.21. The number of rotatable bonds is 4. The first-order valence-corrected chi connectivity index (χ1v) is 8.49. The summed E-state index contributed by atoms with van der Waals surface area (Å²) in [5, 5.41) is 4.44. The summed E-state index contributed by atoms with van der Waals surface area (Å²) in [5.74, 6) is 0.536. The van der Waals surface area contributed by atoms with Gasteiger partial charge in [-0.3, -0.25) is 4.72 Å². The Hall–Kier alpha value is -2.16. The number of nitrogens with one attached hydrogen (secondary N) is 1. The van der Waals surface area contributed by atoms with Gasteiger partial charge in [-0.05, 0) is 24.3 Å². The molecule has 0 aliphatic carbocycles. The molecule has 3 rings (SSSR count). The van der Waals surface area contributed by atoms with Crippen molar-refractivity contribution in [2.75, 3.05) is 4.72 Å². The molecule has 2 heterocycles. The van der Waals surface area contributed by atoms with Crippen molar-refractivity contribution in [3.8, 4) is 5.82 Å². The molecule has 2 aromatic heterocycles. The fourth-order valence-electron chi connectivity index (χ4n) is 1.77. The molecular weight excluding hydrogens is 361 g/mol. The Morgan fingerprint density at radius 1 is 1.09 bits per heavy atom. The molecule has 0 radical (unpaired) electrons. The molecule has 23 heavy (non-hydrogen) atoms. The van der Waals surface area contributed by atoms with Crippen LogP contribution in [0.25, 0.3) is 5.82 Å². The van der Waals surface area contributed by atoms with Crippen molar-refractivity contribution in [1.29, 1.82) is 0 Å². The highest BCUT2D eigenvalue weighted by atomic mass is 35.5. The Morgan fingerprint density at radius 2 is 1.91 bits per heavy atom. The van der Waals surface area contributed by atoms with Crippen molar-refractivity contribution in [2.24, 2.45) is 0 Å². The molecule has 118 valence electrons. The molecule has 0 saturated heterocycles. The van der Waals surface area contributed by atoms with Gasteiger partial charge < -0.3 is 0 Å². The fraction of sp³-hybridized carbons (Fsp3) is 0. The lowest BCUT2D eigenvalue weighted by atomic mass is 10.4. The summed E-state index contributed by atoms with van der Waals surface area (Å²) < 4.78 is 28.6. The number of hydrogen-bond donors (Lipinski definition) is 1. The highest BCUT2D eigenvalue weighted by molar-refractivity contribution is 7.92. The quantitative estimate of drug-likeness (QED) is 0.763. The molecule has 0 aliphatic rings. The molecular formula is C13H9Cl2N5O2S. The van der Waals surface area contributed by atoms with Crippen molar-refractivity contribution in [2.45, 2.75) is 4.90 Å². The first-order valence-electron chi connectivity index (χ1n) is 6.26. The largest absolute Gasteiger partial charge is 0.263 e. The normalized spacial score (nSPS) is 11.4. The summed E-state index contributed by atoms with van der Waals surface area (Å²) in [4.78, 5) is 7.90. The fourth-order valence-corrected chi connectivity index (χ4v) is 3.16. The van der Waals surface area contributed by atoms with E-state index in [1.54, 1.807) is 18.5 Å². The average molecular weight is 370 g/mol. The molecule has 0 atom stereocenters. The Balaban J connectivity index is 1.91. The van der Waals surface area contributed by atoms with E-state index >= 15 is 0 Å². The van der Waals surface area contributed by atoms with Crippen LogP contribution in [0.15, 0.2) is 53.9 Å². The van der Waals surface area contributed by atoms with E-state index in [-0.39, 0.29) is 20.8 Å². The summed E-state index contributed by atoms with van der Waals surface area (Å²) in [5.41, 5.74) is 0. The lowest BCUT2D eigenvalue weighted by Crippen LogP contribution is -2.14. The van der Waals surface area contributed by atoms with Crippen LogP contribution in [0.4, 0.5) is 5.82 Å². The molecule has 0 spiro atoms. The van der Waals surface area contributed by atoms with Crippen LogP contribution in [0.1, 0.15) is 0 Å². The smallest absolute Gasteiger partial charge is 0.263 e. The van der Waals surface area contributed by atoms with Crippen molar-refractivity contribution in [1.82, 2.24) is 19.7 Å². The van der Waals surface area contributed by atoms with E-state index in [2.05, 4.69) is 19.8 Å². The second-order valence-electron chi connectivity index (χ2n) is 4.39. The van der Waals surface area contributed by atoms with Crippen LogP contribution in [0.5, 0.6) is 0 Å². The maximum atomic E-state index is 12.4. The van der Waals surface area contributed by atoms with E-state index in [0.29, 0.717) is 5.82 Å². The minimum Gasteiger partial charge on any atom is -0.263 e. The van der Waals surface area contributed by atoms with Crippen LogP contribution >= 0.6 is 23.2 Å². The van der Waals surface area contributed by atoms with Crippen LogP contribution in [0.3, 0.4) is 0 Å². The zero-order valence-electron chi connectivity index (χ0n) is 11.4. The molecule has 7 nitrogen and oxygen atoms in total. The molecule has 0 fully saturated rings. The van der Waals surface area contributed by atoms with Crippen LogP contribution in [-0.4, -0.2) is 28.2 Å². The SMILES string of the molecule is O=S(=O)(Nc1cc(-n2cccn2)ncn1)c1ccc(Cl)c(Cl)c1. The third-order valence-corrected chi connectivity index (χ3v) is 4.92. The van der Waals surface area contributed by atoms with E-state index in [0.717, 1.165) is 0 Å². The second-order valence-corrected chi connectivity index (χ2v) is 6.89. The number of benzene rings is 1. The van der Waals surface area contributed by atoms with Gasteiger partial charge in [0.1, 0.15) is 12.1 Å². The Morgan fingerprint density at radius 3 is 2.61 bits per heavy atom. The zero-order valence-corrected chi connectivity index (χ0v) is 13.7. The van der Waals surface area contributed by atoms with Gasteiger partial charge in [0, 0.05) is 18.5 Å². The number of nitrogens with zero attached hydrogens (tertiary/aromatic N) is 4. The first-order chi connectivity index (χ1) is 11.0. The summed E-state index contributed by atoms with van der Waals surface area (Å²) in [7, 11) is -3.85. The number of sulfonamides is 1. The van der Waals surface area contributed by atoms with Crippen LogP contribution in [0, 0.1) is 0 Å². The molecule has 0 unspecified atom stereocenters. The van der Waals surface area contributed by atoms with Crippen molar-refractivity contribution < 1.29 is 8.42 Å². The lowest BCUT2D eigenvalue weighted by Gasteiger charge is -2.09. The summed E-state index contributed by atoms with van der Waals surface area (Å²) >= 11 is 11.6. The maximum Gasteiger partial charge on any atom is 0.263 e. The van der Waals surface area contributed by atoms with Crippen molar-refractivity contribution >= 4 is 39.0 Å². The van der Waals surface area contributed by atoms with E-state index in [9.17, 15) is 8.42 Å². The number of hydrogen-bond acceptors (Lipinski definition) is 5. The minimum absolute atomic E-state index is 0.0221. The Labute approximate surface area is 142 Å². The Kier molecular flexibility index (Phi) is 4.20. The Bertz CT molecular complexity index is 945. The number of aromatic nitrogens is 4. The molecule has 1 aromatic carbocycles. The van der Waals surface area contributed by atoms with E-state index < -0.39 is 10.0 Å². The molecule has 0 amide bonds. The van der Waals surface area contributed by atoms with Crippen molar-refractivity contribution in [3.05, 3.63) is 59.1 Å². The predicted molar refractivity (Wildman–Crippen MR) is 86.4 cm³/mol. The van der Waals surface area contributed by atoms with Gasteiger partial charge in [-0.1, -0.05) is 23.2 Å². The second kappa shape index (κ2) is 6.15. The standard InChI is InChI=1S/C13H9Cl2N5O2S/c14-10-3-2-9(6-11(10)15)23(21,22)19-12-7-13(17-8-16-12)20-5-1-4-18-20/h1-8H,(H,16,17,19). The first kappa shape index (κ1) is 15.7. The van der Waals surface area contributed by atoms with Crippen LogP contribution < -0.4 is 4.72 Å². The molecule has 1 N–H and O–H groups in total. The highest BCUT2D eigenvalue weighted by Gasteiger charge is 2.17. The topological polar surface area (TPSA) is 89.8 Å². The monoisotopic (exact) mass is 369 g/mol. The molecule has 0 bridgehead atoms. The predicted octanol–water partition coefficient (Wildman–Crippen LogP) is 2.77. The zero-order chi connectivity index (χ0) is 16.4. The average Bonchev–Trinajstić information content (AvgIpc) is 3.04. The van der Waals surface area contributed by atoms with Gasteiger partial charge in [-0.2, -0.15) is 5.10 Å².